The topological polar surface area (TPSA) is 101 Å². The summed E-state index contributed by atoms with van der Waals surface area (Å²) in [6, 6.07) is 2.52. The van der Waals surface area contributed by atoms with Crippen molar-refractivity contribution in [3.8, 4) is 0 Å². The van der Waals surface area contributed by atoms with E-state index < -0.39 is 22.1 Å². The number of carboxylic acids is 1. The first-order valence-corrected chi connectivity index (χ1v) is 5.02. The molecule has 1 N–H and O–H groups in total. The van der Waals surface area contributed by atoms with Gasteiger partial charge in [0.25, 0.3) is 0 Å². The Kier molecular flexibility index (Phi) is 3.79. The molecule has 8 heteroatoms. The van der Waals surface area contributed by atoms with Gasteiger partial charge in [-0.3, -0.25) is 14.9 Å². The third kappa shape index (κ3) is 2.41. The van der Waals surface area contributed by atoms with Crippen molar-refractivity contribution in [1.82, 2.24) is 0 Å². The van der Waals surface area contributed by atoms with Crippen molar-refractivity contribution in [3.05, 3.63) is 33.4 Å². The number of nitro groups is 1. The highest BCUT2D eigenvalue weighted by Crippen LogP contribution is 2.36. The number of anilines is 1. The minimum Gasteiger partial charge on any atom is -0.477 e. The number of rotatable bonds is 4. The van der Waals surface area contributed by atoms with Crippen LogP contribution < -0.4 is 3.93 Å². The lowest BCUT2D eigenvalue weighted by Crippen LogP contribution is -2.13. The minimum absolute atomic E-state index is 0.0927. The quantitative estimate of drug-likeness (QED) is 0.396. The highest BCUT2D eigenvalue weighted by atomic mass is 79.9. The van der Waals surface area contributed by atoms with Crippen LogP contribution in [0.3, 0.4) is 0 Å². The van der Waals surface area contributed by atoms with Gasteiger partial charge in [-0.1, -0.05) is 6.07 Å². The number of nitro benzene ring substituents is 1. The number of nitrogens with zero attached hydrogens (tertiary/aromatic N) is 2. The number of aromatic carboxylic acids is 1. The summed E-state index contributed by atoms with van der Waals surface area (Å²) < 4.78 is 0.799. The molecular weight excluding hydrogens is 296 g/mol. The molecular formula is C9H7BrN2O5. The van der Waals surface area contributed by atoms with Gasteiger partial charge in [-0.2, -0.15) is 0 Å². The standard InChI is InChI=1S/C9H7BrN2O5/c1-5-2-3-6(9(14)15)8(12(16)17)7(5)11(10)4-13/h2-4H,1H3,(H,14,15). The Morgan fingerprint density at radius 3 is 2.59 bits per heavy atom. The van der Waals surface area contributed by atoms with Crippen molar-refractivity contribution in [2.45, 2.75) is 6.92 Å². The van der Waals surface area contributed by atoms with Gasteiger partial charge in [-0.15, -0.1) is 0 Å². The van der Waals surface area contributed by atoms with Gasteiger partial charge in [0, 0.05) is 0 Å². The molecule has 0 saturated heterocycles. The van der Waals surface area contributed by atoms with Crippen molar-refractivity contribution >= 4 is 39.9 Å². The minimum atomic E-state index is -1.43. The van der Waals surface area contributed by atoms with Gasteiger partial charge in [-0.25, -0.2) is 8.72 Å². The van der Waals surface area contributed by atoms with Crippen molar-refractivity contribution in [2.24, 2.45) is 0 Å². The molecule has 0 heterocycles. The van der Waals surface area contributed by atoms with Gasteiger partial charge < -0.3 is 5.11 Å². The summed E-state index contributed by atoms with van der Waals surface area (Å²) in [4.78, 5) is 31.6. The molecule has 0 fully saturated rings. The number of carbonyl (C=O) groups is 2. The van der Waals surface area contributed by atoms with Gasteiger partial charge in [0.15, 0.2) is 0 Å². The predicted molar refractivity (Wildman–Crippen MR) is 62.3 cm³/mol. The zero-order valence-electron chi connectivity index (χ0n) is 8.58. The molecule has 0 radical (unpaired) electrons. The highest BCUT2D eigenvalue weighted by Gasteiger charge is 2.28. The largest absolute Gasteiger partial charge is 0.477 e. The number of halogens is 1. The fourth-order valence-electron chi connectivity index (χ4n) is 1.36. The van der Waals surface area contributed by atoms with Crippen LogP contribution in [-0.2, 0) is 4.79 Å². The normalized spacial score (nSPS) is 9.76. The van der Waals surface area contributed by atoms with E-state index in [1.807, 2.05) is 0 Å². The first-order chi connectivity index (χ1) is 7.90. The van der Waals surface area contributed by atoms with Crippen molar-refractivity contribution in [2.75, 3.05) is 3.93 Å². The van der Waals surface area contributed by atoms with E-state index in [2.05, 4.69) is 16.1 Å². The van der Waals surface area contributed by atoms with Crippen LogP contribution in [0.4, 0.5) is 11.4 Å². The Morgan fingerprint density at radius 1 is 1.59 bits per heavy atom. The van der Waals surface area contributed by atoms with Gasteiger partial charge in [-0.05, 0) is 18.6 Å². The van der Waals surface area contributed by atoms with Gasteiger partial charge >= 0.3 is 11.7 Å². The van der Waals surface area contributed by atoms with Gasteiger partial charge in [0.1, 0.15) is 11.3 Å². The lowest BCUT2D eigenvalue weighted by atomic mass is 10.1. The van der Waals surface area contributed by atoms with E-state index >= 15 is 0 Å². The molecule has 0 aromatic heterocycles. The zero-order valence-corrected chi connectivity index (χ0v) is 10.2. The van der Waals surface area contributed by atoms with E-state index in [9.17, 15) is 19.7 Å². The predicted octanol–water partition coefficient (Wildman–Crippen LogP) is 1.87. The van der Waals surface area contributed by atoms with Crippen LogP contribution in [0.1, 0.15) is 15.9 Å². The third-order valence-electron chi connectivity index (χ3n) is 2.07. The maximum atomic E-state index is 10.9. The van der Waals surface area contributed by atoms with Crippen molar-refractivity contribution in [3.63, 3.8) is 0 Å². The first kappa shape index (κ1) is 13.1. The molecule has 1 amide bonds. The van der Waals surface area contributed by atoms with Crippen LogP contribution in [0, 0.1) is 17.0 Å². The van der Waals surface area contributed by atoms with E-state index in [0.717, 1.165) is 9.99 Å². The number of amides is 1. The summed E-state index contributed by atoms with van der Waals surface area (Å²) in [5.41, 5.74) is -0.779. The molecule has 0 saturated carbocycles. The Bertz CT molecular complexity index is 502. The van der Waals surface area contributed by atoms with Crippen LogP contribution in [0.15, 0.2) is 12.1 Å². The number of carbonyl (C=O) groups excluding carboxylic acids is 1. The van der Waals surface area contributed by atoms with E-state index in [1.54, 1.807) is 0 Å². The fraction of sp³-hybridized carbons (Fsp3) is 0.111. The first-order valence-electron chi connectivity index (χ1n) is 4.31. The van der Waals surface area contributed by atoms with Crippen LogP contribution in [0.5, 0.6) is 0 Å². The van der Waals surface area contributed by atoms with E-state index in [4.69, 9.17) is 5.11 Å². The molecule has 1 aromatic rings. The van der Waals surface area contributed by atoms with E-state index in [-0.39, 0.29) is 5.69 Å². The molecule has 0 atom stereocenters. The Balaban J connectivity index is 3.65. The number of carboxylic acid groups (broad SMARTS) is 1. The number of hydrogen-bond donors (Lipinski definition) is 1. The number of benzene rings is 1. The second-order valence-electron chi connectivity index (χ2n) is 3.11. The SMILES string of the molecule is Cc1ccc(C(=O)O)c([N+](=O)[O-])c1N(Br)C=O. The lowest BCUT2D eigenvalue weighted by Gasteiger charge is -2.12. The van der Waals surface area contributed by atoms with Crippen molar-refractivity contribution in [1.29, 1.82) is 0 Å². The lowest BCUT2D eigenvalue weighted by molar-refractivity contribution is -0.384. The molecule has 0 aliphatic rings. The average Bonchev–Trinajstić information content (AvgIpc) is 2.26. The van der Waals surface area contributed by atoms with E-state index in [1.165, 1.54) is 13.0 Å². The molecule has 7 nitrogen and oxygen atoms in total. The summed E-state index contributed by atoms with van der Waals surface area (Å²) in [5.74, 6) is -1.43. The van der Waals surface area contributed by atoms with E-state index in [0.29, 0.717) is 12.0 Å². The molecule has 1 aromatic carbocycles. The Labute approximate surface area is 104 Å². The molecule has 0 bridgehead atoms. The van der Waals surface area contributed by atoms with Crippen LogP contribution in [0.2, 0.25) is 0 Å². The number of hydrogen-bond acceptors (Lipinski definition) is 4. The molecule has 17 heavy (non-hydrogen) atoms. The van der Waals surface area contributed by atoms with Gasteiger partial charge in [0.2, 0.25) is 6.41 Å². The maximum absolute atomic E-state index is 10.9. The zero-order chi connectivity index (χ0) is 13.2. The second kappa shape index (κ2) is 4.91. The highest BCUT2D eigenvalue weighted by molar-refractivity contribution is 9.10. The summed E-state index contributed by atoms with van der Waals surface area (Å²) in [5, 5.41) is 19.8. The average molecular weight is 303 g/mol. The summed E-state index contributed by atoms with van der Waals surface area (Å²) >= 11 is 2.81. The Hall–Kier alpha value is -1.96. The van der Waals surface area contributed by atoms with Crippen molar-refractivity contribution < 1.29 is 19.6 Å². The second-order valence-corrected chi connectivity index (χ2v) is 3.87. The monoisotopic (exact) mass is 302 g/mol. The molecule has 0 aliphatic heterocycles. The molecule has 90 valence electrons. The van der Waals surface area contributed by atoms with Crippen LogP contribution >= 0.6 is 16.1 Å². The summed E-state index contributed by atoms with van der Waals surface area (Å²) in [7, 11) is 0. The van der Waals surface area contributed by atoms with Crippen LogP contribution in [-0.4, -0.2) is 22.4 Å². The van der Waals surface area contributed by atoms with Crippen LogP contribution in [0.25, 0.3) is 0 Å². The smallest absolute Gasteiger partial charge is 0.342 e. The van der Waals surface area contributed by atoms with Gasteiger partial charge in [0.05, 0.1) is 21.1 Å². The number of aryl methyl sites for hydroxylation is 1. The fourth-order valence-corrected chi connectivity index (χ4v) is 1.81. The maximum Gasteiger partial charge on any atom is 0.342 e. The Morgan fingerprint density at radius 2 is 2.18 bits per heavy atom. The molecule has 0 spiro atoms. The summed E-state index contributed by atoms with van der Waals surface area (Å²) in [6.07, 6.45) is 0.307. The third-order valence-corrected chi connectivity index (χ3v) is 2.59. The molecule has 0 aliphatic carbocycles. The molecule has 0 unspecified atom stereocenters. The summed E-state index contributed by atoms with van der Waals surface area (Å²) in [6.45, 7) is 1.53. The molecule has 1 rings (SSSR count).